The second kappa shape index (κ2) is 10.7. The molecule has 6 heteroatoms. The zero-order chi connectivity index (χ0) is 16.4. The summed E-state index contributed by atoms with van der Waals surface area (Å²) in [5.74, 6) is -0.314. The van der Waals surface area contributed by atoms with Crippen molar-refractivity contribution in [3.63, 3.8) is 0 Å². The molecule has 0 saturated carbocycles. The lowest BCUT2D eigenvalue weighted by molar-refractivity contribution is -0.160. The number of ether oxygens (including phenoxy) is 1. The van der Waals surface area contributed by atoms with E-state index < -0.39 is 18.3 Å². The second-order valence-electron chi connectivity index (χ2n) is 5.47. The topological polar surface area (TPSA) is 104 Å². The predicted molar refractivity (Wildman–Crippen MR) is 77.6 cm³/mol. The lowest BCUT2D eigenvalue weighted by Crippen LogP contribution is -2.31. The molecule has 0 aromatic heterocycles. The number of aliphatic hydroxyl groups is 3. The van der Waals surface area contributed by atoms with E-state index in [0.717, 1.165) is 6.42 Å². The fraction of sp³-hybridized carbons (Fsp3) is 0.867. The Hall–Kier alpha value is -0.980. The molecular formula is C15H28O6. The number of hydrogen-bond donors (Lipinski definition) is 3. The number of hydrogen-bond acceptors (Lipinski definition) is 6. The van der Waals surface area contributed by atoms with Gasteiger partial charge in [-0.1, -0.05) is 13.8 Å². The minimum Gasteiger partial charge on any atom is -0.462 e. The van der Waals surface area contributed by atoms with Gasteiger partial charge >= 0.3 is 5.97 Å². The summed E-state index contributed by atoms with van der Waals surface area (Å²) in [5, 5.41) is 27.3. The van der Waals surface area contributed by atoms with Crippen LogP contribution in [0.25, 0.3) is 0 Å². The molecule has 1 saturated heterocycles. The Morgan fingerprint density at radius 3 is 2.38 bits per heavy atom. The van der Waals surface area contributed by atoms with Crippen molar-refractivity contribution in [3.05, 3.63) is 0 Å². The van der Waals surface area contributed by atoms with Crippen molar-refractivity contribution >= 4 is 11.8 Å². The lowest BCUT2D eigenvalue weighted by Gasteiger charge is -2.24. The first kappa shape index (κ1) is 20.0. The van der Waals surface area contributed by atoms with E-state index in [4.69, 9.17) is 20.1 Å². The van der Waals surface area contributed by atoms with Crippen LogP contribution in [-0.4, -0.2) is 51.5 Å². The lowest BCUT2D eigenvalue weighted by atomic mass is 10.0. The van der Waals surface area contributed by atoms with Crippen molar-refractivity contribution in [2.75, 3.05) is 0 Å². The van der Waals surface area contributed by atoms with Gasteiger partial charge in [0.1, 0.15) is 11.9 Å². The minimum absolute atomic E-state index is 0.0409. The number of Topliss-reactive ketones (excluding diaryl/α,β-unsaturated/α-hetero) is 1. The molecule has 0 radical (unpaired) electrons. The van der Waals surface area contributed by atoms with Crippen molar-refractivity contribution in [1.29, 1.82) is 0 Å². The molecule has 0 amide bonds. The number of carbonyl (C=O) groups is 2. The van der Waals surface area contributed by atoms with E-state index in [-0.39, 0.29) is 30.7 Å². The molecule has 0 aromatic carbocycles. The maximum atomic E-state index is 10.7. The van der Waals surface area contributed by atoms with Gasteiger partial charge in [0.25, 0.3) is 0 Å². The number of cyclic esters (lactones) is 1. The van der Waals surface area contributed by atoms with Crippen molar-refractivity contribution in [3.8, 4) is 0 Å². The van der Waals surface area contributed by atoms with Gasteiger partial charge in [-0.25, -0.2) is 0 Å². The van der Waals surface area contributed by atoms with Crippen LogP contribution >= 0.6 is 0 Å². The first-order valence-electron chi connectivity index (χ1n) is 7.51. The third kappa shape index (κ3) is 10.4. The molecule has 0 bridgehead atoms. The van der Waals surface area contributed by atoms with Crippen LogP contribution in [0, 0.1) is 0 Å². The molecule has 1 aliphatic heterocycles. The quantitative estimate of drug-likeness (QED) is 0.631. The van der Waals surface area contributed by atoms with E-state index in [1.165, 1.54) is 6.92 Å². The molecule has 6 nitrogen and oxygen atoms in total. The predicted octanol–water partition coefficient (Wildman–Crippen LogP) is 0.950. The van der Waals surface area contributed by atoms with Crippen LogP contribution in [0.4, 0.5) is 0 Å². The Bertz CT molecular complexity index is 317. The zero-order valence-corrected chi connectivity index (χ0v) is 13.1. The third-order valence-electron chi connectivity index (χ3n) is 3.23. The van der Waals surface area contributed by atoms with Gasteiger partial charge in [0.05, 0.1) is 24.7 Å². The molecule has 0 aliphatic carbocycles. The molecule has 0 unspecified atom stereocenters. The van der Waals surface area contributed by atoms with Gasteiger partial charge in [-0.15, -0.1) is 0 Å². The fourth-order valence-electron chi connectivity index (χ4n) is 2.01. The van der Waals surface area contributed by atoms with Gasteiger partial charge < -0.3 is 20.1 Å². The van der Waals surface area contributed by atoms with Crippen LogP contribution < -0.4 is 0 Å². The number of rotatable bonds is 6. The van der Waals surface area contributed by atoms with Gasteiger partial charge in [-0.05, 0) is 26.2 Å². The number of esters is 1. The number of carbonyl (C=O) groups excluding carboxylic acids is 2. The highest BCUT2D eigenvalue weighted by atomic mass is 16.5. The van der Waals surface area contributed by atoms with Gasteiger partial charge in [0.2, 0.25) is 0 Å². The second-order valence-corrected chi connectivity index (χ2v) is 5.47. The van der Waals surface area contributed by atoms with Crippen molar-refractivity contribution in [2.24, 2.45) is 0 Å². The van der Waals surface area contributed by atoms with Gasteiger partial charge in [-0.2, -0.15) is 0 Å². The summed E-state index contributed by atoms with van der Waals surface area (Å²) in [6, 6.07) is 0. The van der Waals surface area contributed by atoms with Crippen molar-refractivity contribution < 1.29 is 29.6 Å². The summed E-state index contributed by atoms with van der Waals surface area (Å²) in [5.41, 5.74) is 0. The van der Waals surface area contributed by atoms with Crippen LogP contribution in [0.2, 0.25) is 0 Å². The Kier molecular flexibility index (Phi) is 10.2. The fourth-order valence-corrected chi connectivity index (χ4v) is 2.01. The summed E-state index contributed by atoms with van der Waals surface area (Å²) < 4.78 is 4.91. The SMILES string of the molecule is CC[C@@H](O)C[C@@H](O)CC(C)=O.CC[C@@H]1C[C@@H](O)CC(=O)O1. The highest BCUT2D eigenvalue weighted by Crippen LogP contribution is 2.16. The largest absolute Gasteiger partial charge is 0.462 e. The van der Waals surface area contributed by atoms with Crippen molar-refractivity contribution in [2.45, 2.75) is 83.7 Å². The molecule has 3 N–H and O–H groups in total. The third-order valence-corrected chi connectivity index (χ3v) is 3.23. The highest BCUT2D eigenvalue weighted by molar-refractivity contribution is 5.75. The summed E-state index contributed by atoms with van der Waals surface area (Å²) in [6.45, 7) is 5.21. The zero-order valence-electron chi connectivity index (χ0n) is 13.1. The molecular weight excluding hydrogens is 276 g/mol. The van der Waals surface area contributed by atoms with Crippen LogP contribution in [0.3, 0.4) is 0 Å². The molecule has 1 heterocycles. The van der Waals surface area contributed by atoms with Crippen LogP contribution in [0.1, 0.15) is 59.3 Å². The van der Waals surface area contributed by atoms with Gasteiger partial charge in [0, 0.05) is 12.8 Å². The van der Waals surface area contributed by atoms with Gasteiger partial charge in [0.15, 0.2) is 0 Å². The summed E-state index contributed by atoms with van der Waals surface area (Å²) in [6.07, 6.45) is 0.929. The summed E-state index contributed by atoms with van der Waals surface area (Å²) >= 11 is 0. The maximum absolute atomic E-state index is 10.7. The molecule has 124 valence electrons. The van der Waals surface area contributed by atoms with E-state index in [2.05, 4.69) is 0 Å². The standard InChI is InChI=1S/C8H16O3.C7H12O3/c1-3-7(10)5-8(11)4-6(2)9;1-2-6-3-5(8)4-7(9)10-6/h7-8,10-11H,3-5H2,1-2H3;5-6,8H,2-4H2,1H3/t7-,8+;5-,6-/m11/s1. The number of ketones is 1. The van der Waals surface area contributed by atoms with E-state index in [9.17, 15) is 9.59 Å². The highest BCUT2D eigenvalue weighted by Gasteiger charge is 2.25. The Labute approximate surface area is 126 Å². The normalized spacial score (nSPS) is 24.4. The molecule has 1 fully saturated rings. The smallest absolute Gasteiger partial charge is 0.308 e. The summed E-state index contributed by atoms with van der Waals surface area (Å²) in [7, 11) is 0. The molecule has 21 heavy (non-hydrogen) atoms. The molecule has 0 spiro atoms. The molecule has 1 aliphatic rings. The molecule has 4 atom stereocenters. The van der Waals surface area contributed by atoms with Crippen LogP contribution in [0.15, 0.2) is 0 Å². The first-order chi connectivity index (χ1) is 9.78. The summed E-state index contributed by atoms with van der Waals surface area (Å²) in [4.78, 5) is 21.1. The Balaban J connectivity index is 0.000000382. The van der Waals surface area contributed by atoms with Gasteiger partial charge in [-0.3, -0.25) is 9.59 Å². The Morgan fingerprint density at radius 2 is 1.95 bits per heavy atom. The van der Waals surface area contributed by atoms with E-state index in [0.29, 0.717) is 19.3 Å². The average Bonchev–Trinajstić information content (AvgIpc) is 2.37. The average molecular weight is 304 g/mol. The van der Waals surface area contributed by atoms with Crippen LogP contribution in [0.5, 0.6) is 0 Å². The minimum atomic E-state index is -0.678. The Morgan fingerprint density at radius 1 is 1.33 bits per heavy atom. The van der Waals surface area contributed by atoms with E-state index >= 15 is 0 Å². The van der Waals surface area contributed by atoms with E-state index in [1.54, 1.807) is 0 Å². The van der Waals surface area contributed by atoms with Crippen LogP contribution in [-0.2, 0) is 14.3 Å². The maximum Gasteiger partial charge on any atom is 0.308 e. The monoisotopic (exact) mass is 304 g/mol. The van der Waals surface area contributed by atoms with E-state index in [1.807, 2.05) is 13.8 Å². The molecule has 0 aromatic rings. The van der Waals surface area contributed by atoms with Crippen molar-refractivity contribution in [1.82, 2.24) is 0 Å². The molecule has 1 rings (SSSR count). The number of aliphatic hydroxyl groups excluding tert-OH is 3. The first-order valence-corrected chi connectivity index (χ1v) is 7.51.